The summed E-state index contributed by atoms with van der Waals surface area (Å²) in [6.07, 6.45) is 8.93. The predicted octanol–water partition coefficient (Wildman–Crippen LogP) is 2.95. The van der Waals surface area contributed by atoms with E-state index in [1.807, 2.05) is 6.20 Å². The number of nitrogens with two attached hydrogens (primary N) is 1. The van der Waals surface area contributed by atoms with Crippen LogP contribution in [0.5, 0.6) is 0 Å². The van der Waals surface area contributed by atoms with Crippen LogP contribution in [0.1, 0.15) is 36.5 Å². The minimum absolute atomic E-state index is 0.00872. The van der Waals surface area contributed by atoms with Crippen molar-refractivity contribution in [3.8, 4) is 23.1 Å². The number of nitrogens with zero attached hydrogens (tertiary/aromatic N) is 6. The van der Waals surface area contributed by atoms with E-state index >= 15 is 0 Å². The van der Waals surface area contributed by atoms with Gasteiger partial charge >= 0.3 is 0 Å². The molecule has 4 aromatic heterocycles. The van der Waals surface area contributed by atoms with Crippen molar-refractivity contribution in [1.82, 2.24) is 29.4 Å². The van der Waals surface area contributed by atoms with Crippen LogP contribution in [-0.2, 0) is 5.60 Å². The van der Waals surface area contributed by atoms with E-state index in [1.54, 1.807) is 30.8 Å². The second-order valence-electron chi connectivity index (χ2n) is 8.96. The van der Waals surface area contributed by atoms with Crippen LogP contribution >= 0.6 is 11.3 Å². The van der Waals surface area contributed by atoms with Crippen molar-refractivity contribution >= 4 is 28.2 Å². The van der Waals surface area contributed by atoms with Crippen molar-refractivity contribution in [2.45, 2.75) is 37.5 Å². The summed E-state index contributed by atoms with van der Waals surface area (Å²) in [6.45, 7) is 3.52. The lowest BCUT2D eigenvalue weighted by Crippen LogP contribution is -2.48. The van der Waals surface area contributed by atoms with Gasteiger partial charge in [-0.25, -0.2) is 24.3 Å². The Bertz CT molecular complexity index is 1440. The largest absolute Gasteiger partial charge is 0.371 e. The first kappa shape index (κ1) is 21.2. The highest BCUT2D eigenvalue weighted by molar-refractivity contribution is 7.09. The van der Waals surface area contributed by atoms with Crippen LogP contribution < -0.4 is 5.73 Å². The molecule has 0 bridgehead atoms. The van der Waals surface area contributed by atoms with E-state index in [1.165, 1.54) is 24.2 Å². The second kappa shape index (κ2) is 7.84. The molecule has 8 nitrogen and oxygen atoms in total. The first-order chi connectivity index (χ1) is 16.4. The predicted molar refractivity (Wildman–Crippen MR) is 127 cm³/mol. The van der Waals surface area contributed by atoms with Crippen molar-refractivity contribution in [3.63, 3.8) is 0 Å². The normalized spacial score (nSPS) is 18.3. The fraction of sp³-hybridized carbons (Fsp3) is 0.333. The molecule has 6 rings (SSSR count). The molecule has 3 N–H and O–H groups in total. The molecule has 4 aromatic rings. The van der Waals surface area contributed by atoms with Crippen molar-refractivity contribution in [2.24, 2.45) is 0 Å². The van der Waals surface area contributed by atoms with Gasteiger partial charge in [0.1, 0.15) is 16.4 Å². The lowest BCUT2D eigenvalue weighted by molar-refractivity contribution is 0.101. The van der Waals surface area contributed by atoms with E-state index < -0.39 is 11.4 Å². The molecule has 1 aliphatic carbocycles. The number of rotatable bonds is 4. The Labute approximate surface area is 199 Å². The Hall–Kier alpha value is -3.39. The van der Waals surface area contributed by atoms with Gasteiger partial charge in [0.15, 0.2) is 11.4 Å². The summed E-state index contributed by atoms with van der Waals surface area (Å²) < 4.78 is 16.9. The third-order valence-electron chi connectivity index (χ3n) is 6.37. The maximum Gasteiger partial charge on any atom is 0.220 e. The summed E-state index contributed by atoms with van der Waals surface area (Å²) in [5.74, 6) is 5.28. The third-order valence-corrected chi connectivity index (χ3v) is 7.35. The van der Waals surface area contributed by atoms with Gasteiger partial charge in [0, 0.05) is 47.9 Å². The van der Waals surface area contributed by atoms with Gasteiger partial charge in [-0.1, -0.05) is 5.92 Å². The quantitative estimate of drug-likeness (QED) is 0.437. The van der Waals surface area contributed by atoms with E-state index in [9.17, 15) is 9.50 Å². The maximum atomic E-state index is 14.7. The highest BCUT2D eigenvalue weighted by atomic mass is 32.1. The van der Waals surface area contributed by atoms with Crippen molar-refractivity contribution < 1.29 is 9.50 Å². The molecule has 0 amide bonds. The molecule has 2 fully saturated rings. The van der Waals surface area contributed by atoms with Gasteiger partial charge in [0.2, 0.25) is 5.95 Å². The number of aromatic nitrogens is 5. The molecule has 1 unspecified atom stereocenters. The molecule has 2 aliphatic rings. The Morgan fingerprint density at radius 3 is 2.76 bits per heavy atom. The van der Waals surface area contributed by atoms with Crippen molar-refractivity contribution in [2.75, 3.05) is 18.8 Å². The zero-order chi connectivity index (χ0) is 23.4. The summed E-state index contributed by atoms with van der Waals surface area (Å²) >= 11 is 1.33. The molecule has 5 heterocycles. The van der Waals surface area contributed by atoms with E-state index in [2.05, 4.69) is 41.2 Å². The first-order valence-corrected chi connectivity index (χ1v) is 12.0. The third kappa shape index (κ3) is 3.72. The van der Waals surface area contributed by atoms with Crippen LogP contribution in [0.2, 0.25) is 0 Å². The van der Waals surface area contributed by atoms with Gasteiger partial charge in [0.25, 0.3) is 0 Å². The van der Waals surface area contributed by atoms with Crippen LogP contribution in [0.15, 0.2) is 36.2 Å². The van der Waals surface area contributed by atoms with Crippen molar-refractivity contribution in [1.29, 1.82) is 0 Å². The summed E-state index contributed by atoms with van der Waals surface area (Å²) in [7, 11) is 0. The summed E-state index contributed by atoms with van der Waals surface area (Å²) in [4.78, 5) is 19.1. The number of pyridine rings is 1. The van der Waals surface area contributed by atoms with Gasteiger partial charge in [-0.15, -0.1) is 11.3 Å². The molecule has 34 heavy (non-hydrogen) atoms. The molecule has 0 radical (unpaired) electrons. The van der Waals surface area contributed by atoms with Gasteiger partial charge in [-0.2, -0.15) is 0 Å². The Morgan fingerprint density at radius 1 is 1.21 bits per heavy atom. The smallest absolute Gasteiger partial charge is 0.220 e. The Balaban J connectivity index is 1.43. The van der Waals surface area contributed by atoms with E-state index in [0.717, 1.165) is 30.2 Å². The maximum absolute atomic E-state index is 14.7. The minimum atomic E-state index is -1.40. The van der Waals surface area contributed by atoms with Gasteiger partial charge in [-0.3, -0.25) is 4.90 Å². The number of anilines is 1. The molecule has 1 atom stereocenters. The molecular weight excluding hydrogens is 453 g/mol. The van der Waals surface area contributed by atoms with Crippen LogP contribution in [0, 0.1) is 17.7 Å². The van der Waals surface area contributed by atoms with Gasteiger partial charge in [0.05, 0.1) is 24.0 Å². The van der Waals surface area contributed by atoms with Crippen LogP contribution in [0.4, 0.5) is 10.3 Å². The number of fused-ring (bicyclic) bond motifs is 1. The molecule has 10 heteroatoms. The average Bonchev–Trinajstić information content (AvgIpc) is 3.31. The Morgan fingerprint density at radius 2 is 2.03 bits per heavy atom. The van der Waals surface area contributed by atoms with Crippen LogP contribution in [0.25, 0.3) is 22.2 Å². The second-order valence-corrected chi connectivity index (χ2v) is 9.85. The molecular formula is C24H22FN7OS. The summed E-state index contributed by atoms with van der Waals surface area (Å²) in [5, 5.41) is 13.8. The summed E-state index contributed by atoms with van der Waals surface area (Å²) in [5.41, 5.74) is 6.47. The number of likely N-dealkylation sites (tertiary alicyclic amines) is 1. The van der Waals surface area contributed by atoms with Crippen LogP contribution in [0.3, 0.4) is 0 Å². The highest BCUT2D eigenvalue weighted by Gasteiger charge is 2.39. The Kier molecular flexibility index (Phi) is 4.88. The van der Waals surface area contributed by atoms with Crippen LogP contribution in [-0.4, -0.2) is 53.6 Å². The lowest BCUT2D eigenvalue weighted by Gasteiger charge is -2.40. The van der Waals surface area contributed by atoms with Gasteiger partial charge < -0.3 is 15.4 Å². The van der Waals surface area contributed by atoms with Gasteiger partial charge in [-0.05, 0) is 31.8 Å². The molecule has 0 spiro atoms. The molecule has 1 saturated heterocycles. The molecule has 172 valence electrons. The van der Waals surface area contributed by atoms with E-state index in [-0.39, 0.29) is 17.7 Å². The standard InChI is InChI=1S/C24H22FN7OS/c1-24(33,22-27-6-7-34-22)5-4-14-8-17-18(21-19(25)9-29-23(26)30-21)13-32(20(17)10-28-14)16-11-31(12-16)15-2-3-15/h6-10,13,15-16,33H,2-3,11-12H2,1H3,(H2,26,29,30). The number of aliphatic hydroxyl groups is 1. The molecule has 0 aromatic carbocycles. The number of hydrogen-bond acceptors (Lipinski definition) is 8. The zero-order valence-electron chi connectivity index (χ0n) is 18.4. The highest BCUT2D eigenvalue weighted by Crippen LogP contribution is 2.39. The number of thiazole rings is 1. The minimum Gasteiger partial charge on any atom is -0.371 e. The zero-order valence-corrected chi connectivity index (χ0v) is 19.3. The van der Waals surface area contributed by atoms with E-state index in [0.29, 0.717) is 22.3 Å². The first-order valence-electron chi connectivity index (χ1n) is 11.1. The average molecular weight is 476 g/mol. The number of hydrogen-bond donors (Lipinski definition) is 2. The molecule has 1 saturated carbocycles. The summed E-state index contributed by atoms with van der Waals surface area (Å²) in [6, 6.07) is 2.80. The fourth-order valence-corrected chi connectivity index (χ4v) is 5.03. The monoisotopic (exact) mass is 475 g/mol. The number of nitrogen functional groups attached to an aromatic ring is 1. The number of halogens is 1. The van der Waals surface area contributed by atoms with E-state index in [4.69, 9.17) is 5.73 Å². The lowest BCUT2D eigenvalue weighted by atomic mass is 10.1. The molecule has 1 aliphatic heterocycles. The van der Waals surface area contributed by atoms with Crippen molar-refractivity contribution in [3.05, 3.63) is 52.8 Å². The topological polar surface area (TPSA) is 106 Å². The SMILES string of the molecule is CC(O)(C#Cc1cc2c(-c3nc(N)ncc3F)cn(C3CN(C4CC4)C3)c2cn1)c1nccs1. The fourth-order valence-electron chi connectivity index (χ4n) is 4.38.